The van der Waals surface area contributed by atoms with Crippen molar-refractivity contribution < 1.29 is 0 Å². The van der Waals surface area contributed by atoms with Crippen LogP contribution in [0, 0.1) is 17.9 Å². The Balaban J connectivity index is 2.94. The zero-order valence-corrected chi connectivity index (χ0v) is 10.1. The monoisotopic (exact) mass is 225 g/mol. The summed E-state index contributed by atoms with van der Waals surface area (Å²) in [4.78, 5) is 5.37. The standard InChI is InChI=1S/C14H15N3/c1-4-17(5-2)14-8-6-12(7-9-14)10-13(11-15)16-3/h6-10H,4-5H2,1-2H3/b13-10-. The molecule has 0 spiro atoms. The lowest BCUT2D eigenvalue weighted by molar-refractivity contribution is 0.866. The zero-order chi connectivity index (χ0) is 12.7. The van der Waals surface area contributed by atoms with E-state index in [2.05, 4.69) is 23.6 Å². The van der Waals surface area contributed by atoms with E-state index in [4.69, 9.17) is 11.8 Å². The molecule has 1 rings (SSSR count). The maximum absolute atomic E-state index is 8.67. The van der Waals surface area contributed by atoms with Crippen molar-refractivity contribution in [2.75, 3.05) is 18.0 Å². The number of rotatable bonds is 4. The highest BCUT2D eigenvalue weighted by molar-refractivity contribution is 5.61. The zero-order valence-electron chi connectivity index (χ0n) is 10.1. The molecule has 0 aliphatic rings. The predicted molar refractivity (Wildman–Crippen MR) is 70.2 cm³/mol. The molecule has 0 aliphatic carbocycles. The van der Waals surface area contributed by atoms with Crippen LogP contribution in [0.1, 0.15) is 19.4 Å². The molecule has 0 fully saturated rings. The first-order valence-corrected chi connectivity index (χ1v) is 5.59. The molecular formula is C14H15N3. The normalized spacial score (nSPS) is 10.5. The molecule has 3 heteroatoms. The molecule has 0 aromatic heterocycles. The Labute approximate surface area is 102 Å². The summed E-state index contributed by atoms with van der Waals surface area (Å²) in [5.41, 5.74) is 2.16. The molecule has 1 aromatic carbocycles. The highest BCUT2D eigenvalue weighted by atomic mass is 15.1. The Morgan fingerprint density at radius 3 is 2.35 bits per heavy atom. The molecule has 0 unspecified atom stereocenters. The lowest BCUT2D eigenvalue weighted by Gasteiger charge is -2.20. The molecule has 86 valence electrons. The predicted octanol–water partition coefficient (Wildman–Crippen LogP) is 3.32. The van der Waals surface area contributed by atoms with Crippen molar-refractivity contribution in [1.29, 1.82) is 5.26 Å². The molecule has 0 aliphatic heterocycles. The second-order valence-electron chi connectivity index (χ2n) is 3.52. The third-order valence-corrected chi connectivity index (χ3v) is 2.56. The third-order valence-electron chi connectivity index (χ3n) is 2.56. The largest absolute Gasteiger partial charge is 0.372 e. The van der Waals surface area contributed by atoms with E-state index >= 15 is 0 Å². The van der Waals surface area contributed by atoms with Crippen LogP contribution in [0.15, 0.2) is 30.0 Å². The van der Waals surface area contributed by atoms with Gasteiger partial charge >= 0.3 is 0 Å². The Bertz CT molecular complexity index is 452. The van der Waals surface area contributed by atoms with Crippen LogP contribution in [0.5, 0.6) is 0 Å². The van der Waals surface area contributed by atoms with Gasteiger partial charge in [0.1, 0.15) is 0 Å². The van der Waals surface area contributed by atoms with Crippen molar-refractivity contribution in [2.24, 2.45) is 0 Å². The van der Waals surface area contributed by atoms with Gasteiger partial charge in [0, 0.05) is 18.8 Å². The van der Waals surface area contributed by atoms with E-state index in [-0.39, 0.29) is 5.70 Å². The second-order valence-corrected chi connectivity index (χ2v) is 3.52. The van der Waals surface area contributed by atoms with Crippen LogP contribution in [-0.4, -0.2) is 13.1 Å². The average Bonchev–Trinajstić information content (AvgIpc) is 2.39. The highest BCUT2D eigenvalue weighted by Crippen LogP contribution is 2.16. The van der Waals surface area contributed by atoms with Crippen LogP contribution in [-0.2, 0) is 0 Å². The van der Waals surface area contributed by atoms with Crippen LogP contribution >= 0.6 is 0 Å². The van der Waals surface area contributed by atoms with Gasteiger partial charge in [0.2, 0.25) is 0 Å². The Morgan fingerprint density at radius 1 is 1.35 bits per heavy atom. The van der Waals surface area contributed by atoms with Crippen LogP contribution in [0.2, 0.25) is 0 Å². The number of hydrogen-bond acceptors (Lipinski definition) is 2. The summed E-state index contributed by atoms with van der Waals surface area (Å²) in [6, 6.07) is 9.73. The number of nitrogens with zero attached hydrogens (tertiary/aromatic N) is 3. The number of benzene rings is 1. The number of allylic oxidation sites excluding steroid dienone is 1. The fourth-order valence-electron chi connectivity index (χ4n) is 1.62. The molecular weight excluding hydrogens is 210 g/mol. The van der Waals surface area contributed by atoms with Crippen LogP contribution in [0.25, 0.3) is 10.9 Å². The maximum Gasteiger partial charge on any atom is 0.262 e. The van der Waals surface area contributed by atoms with Gasteiger partial charge < -0.3 is 4.90 Å². The number of nitriles is 1. The topological polar surface area (TPSA) is 31.4 Å². The molecule has 3 nitrogen and oxygen atoms in total. The van der Waals surface area contributed by atoms with Gasteiger partial charge in [0.25, 0.3) is 5.70 Å². The van der Waals surface area contributed by atoms with E-state index in [0.717, 1.165) is 24.3 Å². The molecule has 1 aromatic rings. The molecule has 17 heavy (non-hydrogen) atoms. The molecule has 0 amide bonds. The van der Waals surface area contributed by atoms with Crippen LogP contribution in [0.3, 0.4) is 0 Å². The van der Waals surface area contributed by atoms with Gasteiger partial charge in [-0.2, -0.15) is 0 Å². The minimum Gasteiger partial charge on any atom is -0.372 e. The fourth-order valence-corrected chi connectivity index (χ4v) is 1.62. The first-order valence-electron chi connectivity index (χ1n) is 5.59. The van der Waals surface area contributed by atoms with Gasteiger partial charge in [0.05, 0.1) is 12.6 Å². The third kappa shape index (κ3) is 3.36. The van der Waals surface area contributed by atoms with Crippen molar-refractivity contribution >= 4 is 11.8 Å². The number of hydrogen-bond donors (Lipinski definition) is 0. The van der Waals surface area contributed by atoms with Crippen molar-refractivity contribution in [2.45, 2.75) is 13.8 Å². The Kier molecular flexibility index (Phi) is 4.78. The summed E-state index contributed by atoms with van der Waals surface area (Å²) in [5.74, 6) is 0. The lowest BCUT2D eigenvalue weighted by Crippen LogP contribution is -2.21. The van der Waals surface area contributed by atoms with Gasteiger partial charge in [-0.3, -0.25) is 0 Å². The summed E-state index contributed by atoms with van der Waals surface area (Å²) < 4.78 is 0. The van der Waals surface area contributed by atoms with Crippen molar-refractivity contribution in [3.8, 4) is 6.07 Å². The Morgan fingerprint density at radius 2 is 1.94 bits per heavy atom. The van der Waals surface area contributed by atoms with Gasteiger partial charge in [-0.15, -0.1) is 0 Å². The SMILES string of the molecule is [C-]#[N+]/C(C#N)=C\c1ccc(N(CC)CC)cc1. The van der Waals surface area contributed by atoms with Gasteiger partial charge in [-0.05, 0) is 37.6 Å². The van der Waals surface area contributed by atoms with Gasteiger partial charge in [-0.1, -0.05) is 12.1 Å². The van der Waals surface area contributed by atoms with Gasteiger partial charge in [-0.25, -0.2) is 10.1 Å². The molecule has 0 heterocycles. The quantitative estimate of drug-likeness (QED) is 0.581. The molecule has 0 saturated carbocycles. The van der Waals surface area contributed by atoms with Crippen LogP contribution < -0.4 is 4.90 Å². The minimum absolute atomic E-state index is 0.112. The smallest absolute Gasteiger partial charge is 0.262 e. The molecule has 0 saturated heterocycles. The fraction of sp³-hybridized carbons (Fsp3) is 0.286. The highest BCUT2D eigenvalue weighted by Gasteiger charge is 2.01. The van der Waals surface area contributed by atoms with E-state index in [1.54, 1.807) is 6.08 Å². The second kappa shape index (κ2) is 6.35. The summed E-state index contributed by atoms with van der Waals surface area (Å²) in [6.45, 7) is 13.0. The average molecular weight is 225 g/mol. The summed E-state index contributed by atoms with van der Waals surface area (Å²) in [6.07, 6.45) is 1.60. The lowest BCUT2D eigenvalue weighted by atomic mass is 10.1. The maximum atomic E-state index is 8.67. The van der Waals surface area contributed by atoms with E-state index in [0.29, 0.717) is 0 Å². The minimum atomic E-state index is 0.112. The summed E-state index contributed by atoms with van der Waals surface area (Å²) in [7, 11) is 0. The molecule has 0 atom stereocenters. The van der Waals surface area contributed by atoms with Crippen molar-refractivity contribution in [3.63, 3.8) is 0 Å². The summed E-state index contributed by atoms with van der Waals surface area (Å²) >= 11 is 0. The van der Waals surface area contributed by atoms with E-state index in [1.165, 1.54) is 0 Å². The molecule has 0 N–H and O–H groups in total. The van der Waals surface area contributed by atoms with E-state index < -0.39 is 0 Å². The Hall–Kier alpha value is -2.26. The number of anilines is 1. The molecule has 0 radical (unpaired) electrons. The van der Waals surface area contributed by atoms with Crippen molar-refractivity contribution in [3.05, 3.63) is 46.9 Å². The first kappa shape index (κ1) is 12.8. The van der Waals surface area contributed by atoms with Gasteiger partial charge in [0.15, 0.2) is 0 Å². The molecule has 0 bridgehead atoms. The summed E-state index contributed by atoms with van der Waals surface area (Å²) in [5, 5.41) is 8.67. The first-order chi connectivity index (χ1) is 8.24. The van der Waals surface area contributed by atoms with E-state index in [1.807, 2.05) is 30.3 Å². The van der Waals surface area contributed by atoms with Crippen molar-refractivity contribution in [1.82, 2.24) is 0 Å². The van der Waals surface area contributed by atoms with Crippen LogP contribution in [0.4, 0.5) is 5.69 Å². The van der Waals surface area contributed by atoms with E-state index in [9.17, 15) is 0 Å².